The van der Waals surface area contributed by atoms with E-state index in [9.17, 15) is 4.79 Å². The summed E-state index contributed by atoms with van der Waals surface area (Å²) in [6.45, 7) is 10.0. The second-order valence-electron chi connectivity index (χ2n) is 5.44. The summed E-state index contributed by atoms with van der Waals surface area (Å²) in [5.41, 5.74) is 1.95. The van der Waals surface area contributed by atoms with Gasteiger partial charge in [0, 0.05) is 18.0 Å². The smallest absolute Gasteiger partial charge is 0.228 e. The minimum absolute atomic E-state index is 0.0887. The van der Waals surface area contributed by atoms with Crippen molar-refractivity contribution in [2.45, 2.75) is 33.6 Å². The van der Waals surface area contributed by atoms with E-state index in [0.717, 1.165) is 24.1 Å². The highest BCUT2D eigenvalue weighted by atomic mass is 16.2. The van der Waals surface area contributed by atoms with E-state index in [1.165, 1.54) is 0 Å². The Hall–Kier alpha value is -1.84. The van der Waals surface area contributed by atoms with Crippen molar-refractivity contribution in [2.24, 2.45) is 16.9 Å². The minimum atomic E-state index is 0.0887. The second-order valence-corrected chi connectivity index (χ2v) is 5.44. The first-order chi connectivity index (χ1) is 8.97. The first-order valence-electron chi connectivity index (χ1n) is 6.71. The molecule has 0 saturated heterocycles. The number of hydrogen-bond donors (Lipinski definition) is 1. The van der Waals surface area contributed by atoms with Gasteiger partial charge < -0.3 is 5.32 Å². The Morgan fingerprint density at radius 1 is 1.53 bits per heavy atom. The van der Waals surface area contributed by atoms with Gasteiger partial charge in [-0.1, -0.05) is 20.4 Å². The van der Waals surface area contributed by atoms with E-state index in [2.05, 4.69) is 17.0 Å². The number of carbonyl (C=O) groups is 1. The molecule has 0 aromatic carbocycles. The molecule has 102 valence electrons. The number of allylic oxidation sites excluding steroid dienone is 3. The third-order valence-corrected chi connectivity index (χ3v) is 3.13. The number of hydrogen-bond acceptors (Lipinski definition) is 3. The number of carbonyl (C=O) groups excluding carboxylic acids is 1. The van der Waals surface area contributed by atoms with Gasteiger partial charge in [-0.25, -0.2) is 5.01 Å². The molecule has 0 unspecified atom stereocenters. The summed E-state index contributed by atoms with van der Waals surface area (Å²) >= 11 is 0. The van der Waals surface area contributed by atoms with Crippen LogP contribution < -0.4 is 5.32 Å². The molecule has 4 heteroatoms. The monoisotopic (exact) mass is 259 g/mol. The quantitative estimate of drug-likeness (QED) is 0.625. The summed E-state index contributed by atoms with van der Waals surface area (Å²) in [4.78, 5) is 11.8. The van der Waals surface area contributed by atoms with Gasteiger partial charge in [-0.05, 0) is 37.5 Å². The van der Waals surface area contributed by atoms with Crippen molar-refractivity contribution in [2.75, 3.05) is 0 Å². The van der Waals surface area contributed by atoms with Gasteiger partial charge >= 0.3 is 0 Å². The predicted molar refractivity (Wildman–Crippen MR) is 77.0 cm³/mol. The standard InChI is InChI=1S/C15H21N3O/c1-10(2)14(16-15(19)13-5-6-13)17-18-8-7-11(3)9-12(18)4/h7-10,13H,4-6H2,1-3H3,(H,16,17,19). The fourth-order valence-electron chi connectivity index (χ4n) is 1.73. The van der Waals surface area contributed by atoms with Gasteiger partial charge in [0.2, 0.25) is 5.91 Å². The second kappa shape index (κ2) is 5.43. The van der Waals surface area contributed by atoms with E-state index in [1.54, 1.807) is 5.01 Å². The van der Waals surface area contributed by atoms with Crippen molar-refractivity contribution in [3.8, 4) is 0 Å². The highest BCUT2D eigenvalue weighted by Gasteiger charge is 2.30. The summed E-state index contributed by atoms with van der Waals surface area (Å²) in [6, 6.07) is 0. The molecule has 1 heterocycles. The van der Waals surface area contributed by atoms with Crippen molar-refractivity contribution in [1.82, 2.24) is 10.3 Å². The average molecular weight is 259 g/mol. The molecule has 1 N–H and O–H groups in total. The van der Waals surface area contributed by atoms with Crippen LogP contribution in [0.5, 0.6) is 0 Å². The zero-order chi connectivity index (χ0) is 14.0. The zero-order valence-electron chi connectivity index (χ0n) is 11.8. The topological polar surface area (TPSA) is 44.7 Å². The van der Waals surface area contributed by atoms with Crippen LogP contribution in [0.25, 0.3) is 0 Å². The zero-order valence-corrected chi connectivity index (χ0v) is 11.8. The van der Waals surface area contributed by atoms with Gasteiger partial charge in [0.15, 0.2) is 0 Å². The average Bonchev–Trinajstić information content (AvgIpc) is 3.15. The Morgan fingerprint density at radius 2 is 2.21 bits per heavy atom. The summed E-state index contributed by atoms with van der Waals surface area (Å²) in [5.74, 6) is 1.13. The molecule has 0 aromatic rings. The lowest BCUT2D eigenvalue weighted by molar-refractivity contribution is -0.120. The van der Waals surface area contributed by atoms with Crippen molar-refractivity contribution >= 4 is 11.7 Å². The number of amides is 1. The van der Waals surface area contributed by atoms with Crippen LogP contribution in [-0.4, -0.2) is 16.8 Å². The Kier molecular flexibility index (Phi) is 3.88. The Balaban J connectivity index is 2.10. The van der Waals surface area contributed by atoms with E-state index in [4.69, 9.17) is 0 Å². The van der Waals surface area contributed by atoms with Gasteiger partial charge in [-0.3, -0.25) is 4.79 Å². The molecule has 19 heavy (non-hydrogen) atoms. The van der Waals surface area contributed by atoms with Crippen LogP contribution in [0, 0.1) is 11.8 Å². The Bertz CT molecular complexity index is 482. The maximum Gasteiger partial charge on any atom is 0.228 e. The third-order valence-electron chi connectivity index (χ3n) is 3.13. The summed E-state index contributed by atoms with van der Waals surface area (Å²) < 4.78 is 0. The molecule has 1 aliphatic heterocycles. The van der Waals surface area contributed by atoms with E-state index in [-0.39, 0.29) is 17.7 Å². The Morgan fingerprint density at radius 3 is 2.74 bits per heavy atom. The molecule has 2 aliphatic rings. The van der Waals surface area contributed by atoms with Crippen molar-refractivity contribution in [3.63, 3.8) is 0 Å². The molecule has 0 radical (unpaired) electrons. The molecule has 4 nitrogen and oxygen atoms in total. The van der Waals surface area contributed by atoms with Gasteiger partial charge in [0.05, 0.1) is 5.70 Å². The highest BCUT2D eigenvalue weighted by Crippen LogP contribution is 2.29. The maximum absolute atomic E-state index is 11.8. The lowest BCUT2D eigenvalue weighted by atomic mass is 10.2. The summed E-state index contributed by atoms with van der Waals surface area (Å²) in [5, 5.41) is 9.12. The van der Waals surface area contributed by atoms with Crippen molar-refractivity contribution in [3.05, 3.63) is 36.2 Å². The number of amidine groups is 1. The van der Waals surface area contributed by atoms with E-state index >= 15 is 0 Å². The summed E-state index contributed by atoms with van der Waals surface area (Å²) in [7, 11) is 0. The first kappa shape index (κ1) is 13.6. The molecule has 1 saturated carbocycles. The lowest BCUT2D eigenvalue weighted by Crippen LogP contribution is -2.36. The van der Waals surface area contributed by atoms with Crippen LogP contribution in [0.4, 0.5) is 0 Å². The fraction of sp³-hybridized carbons (Fsp3) is 0.467. The SMILES string of the molecule is C=C1C=C(C)C=CN1/N=C(/NC(=O)C1CC1)C(C)C. The molecular formula is C15H21N3O. The third kappa shape index (κ3) is 3.56. The largest absolute Gasteiger partial charge is 0.312 e. The molecular weight excluding hydrogens is 238 g/mol. The van der Waals surface area contributed by atoms with Crippen LogP contribution in [0.1, 0.15) is 33.6 Å². The van der Waals surface area contributed by atoms with Crippen LogP contribution in [-0.2, 0) is 4.79 Å². The van der Waals surface area contributed by atoms with Gasteiger partial charge in [0.1, 0.15) is 5.84 Å². The van der Waals surface area contributed by atoms with Crippen molar-refractivity contribution < 1.29 is 4.79 Å². The maximum atomic E-state index is 11.8. The van der Waals surface area contributed by atoms with Crippen LogP contribution >= 0.6 is 0 Å². The van der Waals surface area contributed by atoms with Crippen LogP contribution in [0.2, 0.25) is 0 Å². The van der Waals surface area contributed by atoms with E-state index in [0.29, 0.717) is 5.84 Å². The molecule has 2 rings (SSSR count). The first-order valence-corrected chi connectivity index (χ1v) is 6.71. The van der Waals surface area contributed by atoms with Gasteiger partial charge in [-0.2, -0.15) is 5.10 Å². The number of nitrogens with one attached hydrogen (secondary N) is 1. The summed E-state index contributed by atoms with van der Waals surface area (Å²) in [6.07, 6.45) is 7.79. The molecule has 1 aliphatic carbocycles. The van der Waals surface area contributed by atoms with Gasteiger partial charge in [0.25, 0.3) is 0 Å². The molecule has 0 spiro atoms. The molecule has 0 atom stereocenters. The Labute approximate surface area is 114 Å². The van der Waals surface area contributed by atoms with Crippen LogP contribution in [0.15, 0.2) is 41.3 Å². The molecule has 0 aromatic heterocycles. The minimum Gasteiger partial charge on any atom is -0.312 e. The molecule has 0 bridgehead atoms. The molecule has 1 amide bonds. The number of rotatable bonds is 3. The fourth-order valence-corrected chi connectivity index (χ4v) is 1.73. The lowest BCUT2D eigenvalue weighted by Gasteiger charge is -2.21. The number of hydrazone groups is 1. The highest BCUT2D eigenvalue weighted by molar-refractivity contribution is 6.00. The number of nitrogens with zero attached hydrogens (tertiary/aromatic N) is 2. The molecule has 1 fully saturated rings. The van der Waals surface area contributed by atoms with Crippen LogP contribution in [0.3, 0.4) is 0 Å². The van der Waals surface area contributed by atoms with Crippen molar-refractivity contribution in [1.29, 1.82) is 0 Å². The predicted octanol–water partition coefficient (Wildman–Crippen LogP) is 2.77. The normalized spacial score (nSPS) is 19.8. The van der Waals surface area contributed by atoms with Gasteiger partial charge in [-0.15, -0.1) is 0 Å². The van der Waals surface area contributed by atoms with E-state index in [1.807, 2.05) is 39.1 Å². The van der Waals surface area contributed by atoms with E-state index < -0.39 is 0 Å².